The predicted molar refractivity (Wildman–Crippen MR) is 57.5 cm³/mol. The normalized spacial score (nSPS) is 9.69. The summed E-state index contributed by atoms with van der Waals surface area (Å²) in [6, 6.07) is 0. The fourth-order valence-electron chi connectivity index (χ4n) is 0.610. The van der Waals surface area contributed by atoms with Crippen molar-refractivity contribution >= 4 is 44.8 Å². The summed E-state index contributed by atoms with van der Waals surface area (Å²) in [4.78, 5) is 15.1. The van der Waals surface area contributed by atoms with E-state index < -0.39 is 0 Å². The maximum absolute atomic E-state index is 11.3. The third-order valence-electron chi connectivity index (χ3n) is 1.11. The molecule has 13 heavy (non-hydrogen) atoms. The number of rotatable bonds is 3. The quantitative estimate of drug-likeness (QED) is 0.924. The molecule has 1 amide bonds. The molecule has 0 aliphatic rings. The lowest BCUT2D eigenvalue weighted by Gasteiger charge is -1.99. The van der Waals surface area contributed by atoms with E-state index in [0.29, 0.717) is 21.2 Å². The van der Waals surface area contributed by atoms with Crippen LogP contribution in [0.15, 0.2) is 16.4 Å². The standard InChI is InChI=1S/C7H6BrClN2OS/c1-4(8)2-10-6(12)7-11-5(9)3-13-7/h3H,1-2H2,(H,10,12). The summed E-state index contributed by atoms with van der Waals surface area (Å²) < 4.78 is 0.712. The molecule has 0 bridgehead atoms. The lowest BCUT2D eigenvalue weighted by Crippen LogP contribution is -2.24. The molecule has 1 rings (SSSR count). The molecule has 0 saturated heterocycles. The zero-order valence-corrected chi connectivity index (χ0v) is 9.67. The van der Waals surface area contributed by atoms with Crippen LogP contribution in [0.2, 0.25) is 5.15 Å². The minimum Gasteiger partial charge on any atom is -0.345 e. The van der Waals surface area contributed by atoms with Crippen molar-refractivity contribution in [1.29, 1.82) is 0 Å². The first-order chi connectivity index (χ1) is 6.09. The van der Waals surface area contributed by atoms with Crippen LogP contribution >= 0.6 is 38.9 Å². The summed E-state index contributed by atoms with van der Waals surface area (Å²) in [5.74, 6) is -0.238. The number of nitrogens with one attached hydrogen (secondary N) is 1. The second kappa shape index (κ2) is 4.74. The predicted octanol–water partition coefficient (Wildman–Crippen LogP) is 2.43. The molecule has 1 aromatic rings. The largest absolute Gasteiger partial charge is 0.345 e. The van der Waals surface area contributed by atoms with Crippen molar-refractivity contribution in [2.75, 3.05) is 6.54 Å². The zero-order valence-electron chi connectivity index (χ0n) is 6.51. The number of hydrogen-bond acceptors (Lipinski definition) is 3. The first kappa shape index (κ1) is 10.7. The Kier molecular flexibility index (Phi) is 3.90. The molecule has 0 saturated carbocycles. The molecule has 1 aromatic heterocycles. The Morgan fingerprint density at radius 1 is 1.85 bits per heavy atom. The highest BCUT2D eigenvalue weighted by atomic mass is 79.9. The van der Waals surface area contributed by atoms with Gasteiger partial charge in [-0.1, -0.05) is 34.1 Å². The van der Waals surface area contributed by atoms with Crippen molar-refractivity contribution in [2.45, 2.75) is 0 Å². The second-order valence-electron chi connectivity index (χ2n) is 2.18. The van der Waals surface area contributed by atoms with Crippen molar-refractivity contribution in [3.05, 3.63) is 26.6 Å². The molecule has 0 unspecified atom stereocenters. The van der Waals surface area contributed by atoms with E-state index >= 15 is 0 Å². The molecule has 0 fully saturated rings. The average molecular weight is 282 g/mol. The van der Waals surface area contributed by atoms with Crippen LogP contribution in [0.5, 0.6) is 0 Å². The van der Waals surface area contributed by atoms with Gasteiger partial charge in [0.25, 0.3) is 5.91 Å². The van der Waals surface area contributed by atoms with Gasteiger partial charge >= 0.3 is 0 Å². The van der Waals surface area contributed by atoms with Gasteiger partial charge in [0.1, 0.15) is 5.15 Å². The van der Waals surface area contributed by atoms with E-state index in [1.165, 1.54) is 11.3 Å². The highest BCUT2D eigenvalue weighted by Gasteiger charge is 2.09. The topological polar surface area (TPSA) is 42.0 Å². The fourth-order valence-corrected chi connectivity index (χ4v) is 1.61. The van der Waals surface area contributed by atoms with Crippen LogP contribution in [-0.4, -0.2) is 17.4 Å². The molecule has 6 heteroatoms. The number of thiazole rings is 1. The Morgan fingerprint density at radius 2 is 2.54 bits per heavy atom. The van der Waals surface area contributed by atoms with Gasteiger partial charge in [0.05, 0.1) is 0 Å². The van der Waals surface area contributed by atoms with E-state index in [1.54, 1.807) is 5.38 Å². The Labute approximate surface area is 92.9 Å². The summed E-state index contributed by atoms with van der Waals surface area (Å²) in [5, 5.41) is 4.93. The van der Waals surface area contributed by atoms with Gasteiger partial charge < -0.3 is 5.32 Å². The van der Waals surface area contributed by atoms with E-state index in [9.17, 15) is 4.79 Å². The molecule has 0 atom stereocenters. The van der Waals surface area contributed by atoms with E-state index in [0.717, 1.165) is 0 Å². The van der Waals surface area contributed by atoms with Crippen molar-refractivity contribution in [3.63, 3.8) is 0 Å². The monoisotopic (exact) mass is 280 g/mol. The van der Waals surface area contributed by atoms with Crippen LogP contribution in [0.3, 0.4) is 0 Å². The number of halogens is 2. The number of amides is 1. The number of carbonyl (C=O) groups excluding carboxylic acids is 1. The maximum atomic E-state index is 11.3. The van der Waals surface area contributed by atoms with Crippen LogP contribution in [-0.2, 0) is 0 Å². The van der Waals surface area contributed by atoms with Gasteiger partial charge in [-0.3, -0.25) is 4.79 Å². The third kappa shape index (κ3) is 3.46. The van der Waals surface area contributed by atoms with E-state index in [-0.39, 0.29) is 5.91 Å². The number of carbonyl (C=O) groups is 1. The second-order valence-corrected chi connectivity index (χ2v) is 4.54. The third-order valence-corrected chi connectivity index (χ3v) is 2.56. The molecule has 70 valence electrons. The molecule has 0 aliphatic heterocycles. The molecular formula is C7H6BrClN2OS. The summed E-state index contributed by atoms with van der Waals surface area (Å²) in [7, 11) is 0. The minimum absolute atomic E-state index is 0.238. The lowest BCUT2D eigenvalue weighted by atomic mass is 10.5. The molecule has 0 spiro atoms. The summed E-state index contributed by atoms with van der Waals surface area (Å²) in [6.45, 7) is 3.97. The van der Waals surface area contributed by atoms with Crippen molar-refractivity contribution in [1.82, 2.24) is 10.3 Å². The van der Waals surface area contributed by atoms with Crippen LogP contribution < -0.4 is 5.32 Å². The highest BCUT2D eigenvalue weighted by Crippen LogP contribution is 2.13. The van der Waals surface area contributed by atoms with Crippen molar-refractivity contribution in [3.8, 4) is 0 Å². The molecule has 0 aliphatic carbocycles. The Balaban J connectivity index is 2.54. The molecular weight excluding hydrogens is 276 g/mol. The number of hydrogen-bond donors (Lipinski definition) is 1. The maximum Gasteiger partial charge on any atom is 0.280 e. The summed E-state index contributed by atoms with van der Waals surface area (Å²) in [6.07, 6.45) is 0. The van der Waals surface area contributed by atoms with Crippen LogP contribution in [0.25, 0.3) is 0 Å². The zero-order chi connectivity index (χ0) is 9.84. The van der Waals surface area contributed by atoms with Gasteiger partial charge in [-0.25, -0.2) is 4.98 Å². The van der Waals surface area contributed by atoms with Crippen LogP contribution in [0.1, 0.15) is 9.80 Å². The van der Waals surface area contributed by atoms with Gasteiger partial charge in [-0.15, -0.1) is 11.3 Å². The smallest absolute Gasteiger partial charge is 0.280 e. The van der Waals surface area contributed by atoms with E-state index in [4.69, 9.17) is 11.6 Å². The van der Waals surface area contributed by atoms with Crippen molar-refractivity contribution < 1.29 is 4.79 Å². The summed E-state index contributed by atoms with van der Waals surface area (Å²) in [5.41, 5.74) is 0. The van der Waals surface area contributed by atoms with Crippen LogP contribution in [0.4, 0.5) is 0 Å². The first-order valence-corrected chi connectivity index (χ1v) is 5.37. The Hall–Kier alpha value is -0.390. The van der Waals surface area contributed by atoms with E-state index in [2.05, 4.69) is 32.8 Å². The Bertz CT molecular complexity index is 339. The summed E-state index contributed by atoms with van der Waals surface area (Å²) >= 11 is 9.90. The fraction of sp³-hybridized carbons (Fsp3) is 0.143. The Morgan fingerprint density at radius 3 is 3.00 bits per heavy atom. The van der Waals surface area contributed by atoms with E-state index in [1.807, 2.05) is 0 Å². The molecule has 0 radical (unpaired) electrons. The molecule has 0 aromatic carbocycles. The van der Waals surface area contributed by atoms with Gasteiger partial charge in [-0.2, -0.15) is 0 Å². The lowest BCUT2D eigenvalue weighted by molar-refractivity contribution is 0.0957. The molecule has 1 N–H and O–H groups in total. The molecule has 1 heterocycles. The van der Waals surface area contributed by atoms with Gasteiger partial charge in [0.15, 0.2) is 5.01 Å². The van der Waals surface area contributed by atoms with Crippen LogP contribution in [0, 0.1) is 0 Å². The minimum atomic E-state index is -0.238. The number of aromatic nitrogens is 1. The highest BCUT2D eigenvalue weighted by molar-refractivity contribution is 9.11. The van der Waals surface area contributed by atoms with Gasteiger partial charge in [-0.05, 0) is 0 Å². The first-order valence-electron chi connectivity index (χ1n) is 3.32. The van der Waals surface area contributed by atoms with Gasteiger partial charge in [0.2, 0.25) is 0 Å². The SMILES string of the molecule is C=C(Br)CNC(=O)c1nc(Cl)cs1. The molecule has 3 nitrogen and oxygen atoms in total. The number of nitrogens with zero attached hydrogens (tertiary/aromatic N) is 1. The van der Waals surface area contributed by atoms with Crippen molar-refractivity contribution in [2.24, 2.45) is 0 Å². The van der Waals surface area contributed by atoms with Gasteiger partial charge in [0, 0.05) is 16.4 Å². The average Bonchev–Trinajstić information content (AvgIpc) is 2.47.